The van der Waals surface area contributed by atoms with E-state index in [-0.39, 0.29) is 30.1 Å². The number of aromatic nitrogens is 4. The van der Waals surface area contributed by atoms with Gasteiger partial charge in [0.2, 0.25) is 5.78 Å². The summed E-state index contributed by atoms with van der Waals surface area (Å²) in [4.78, 5) is 26.8. The third-order valence-corrected chi connectivity index (χ3v) is 6.68. The van der Waals surface area contributed by atoms with E-state index in [0.29, 0.717) is 40.0 Å². The van der Waals surface area contributed by atoms with Crippen LogP contribution < -0.4 is 20.7 Å². The third-order valence-electron chi connectivity index (χ3n) is 5.56. The molecular weight excluding hydrogens is 488 g/mol. The molecule has 10 heteroatoms. The summed E-state index contributed by atoms with van der Waals surface area (Å²) in [6.45, 7) is 5.27. The molecule has 0 radical (unpaired) electrons. The van der Waals surface area contributed by atoms with E-state index in [2.05, 4.69) is 5.10 Å². The molecule has 0 aliphatic heterocycles. The van der Waals surface area contributed by atoms with Gasteiger partial charge in [-0.2, -0.15) is 0 Å². The Bertz CT molecular complexity index is 1650. The zero-order valence-electron chi connectivity index (χ0n) is 19.2. The fourth-order valence-corrected chi connectivity index (χ4v) is 5.10. The molecule has 0 aliphatic carbocycles. The molecular formula is C25H23ClN4O4S. The van der Waals surface area contributed by atoms with Crippen LogP contribution in [0.25, 0.3) is 16.0 Å². The molecule has 5 aromatic rings. The average Bonchev–Trinajstić information content (AvgIpc) is 3.44. The van der Waals surface area contributed by atoms with Crippen molar-refractivity contribution in [1.29, 1.82) is 0 Å². The summed E-state index contributed by atoms with van der Waals surface area (Å²) < 4.78 is 16.3. The van der Waals surface area contributed by atoms with Gasteiger partial charge in [-0.05, 0) is 60.7 Å². The minimum Gasteiger partial charge on any atom is -0.490 e. The SMILES string of the molecule is CCOc1ccc(Cn2c(=O)c3sccc3n3c(=O)n(Cc4cccc(Cl)c4)nc23)cc1OCC. The van der Waals surface area contributed by atoms with E-state index in [0.717, 1.165) is 11.1 Å². The highest BCUT2D eigenvalue weighted by Crippen LogP contribution is 2.29. The molecule has 0 spiro atoms. The van der Waals surface area contributed by atoms with Gasteiger partial charge >= 0.3 is 5.69 Å². The van der Waals surface area contributed by atoms with Crippen molar-refractivity contribution in [2.24, 2.45) is 0 Å². The van der Waals surface area contributed by atoms with Crippen LogP contribution >= 0.6 is 22.9 Å². The molecule has 2 aromatic carbocycles. The van der Waals surface area contributed by atoms with E-state index in [1.165, 1.54) is 25.0 Å². The lowest BCUT2D eigenvalue weighted by Gasteiger charge is -2.13. The standard InChI is InChI=1S/C25H23ClN4O4S/c1-3-33-20-9-8-17(13-21(20)34-4-2)14-28-23(31)22-19(10-11-35-22)30-24(28)27-29(25(30)32)15-16-6-5-7-18(26)12-16/h5-13H,3-4,14-15H2,1-2H3. The summed E-state index contributed by atoms with van der Waals surface area (Å²) in [5.41, 5.74) is 1.70. The maximum Gasteiger partial charge on any atom is 0.352 e. The van der Waals surface area contributed by atoms with Gasteiger partial charge in [-0.25, -0.2) is 13.9 Å². The van der Waals surface area contributed by atoms with Gasteiger partial charge in [0, 0.05) is 5.02 Å². The number of hydrogen-bond acceptors (Lipinski definition) is 6. The molecule has 0 saturated heterocycles. The predicted molar refractivity (Wildman–Crippen MR) is 138 cm³/mol. The topological polar surface area (TPSA) is 79.8 Å². The Morgan fingerprint density at radius 1 is 0.943 bits per heavy atom. The van der Waals surface area contributed by atoms with E-state index in [9.17, 15) is 9.59 Å². The van der Waals surface area contributed by atoms with Gasteiger partial charge in [-0.3, -0.25) is 9.36 Å². The molecule has 3 aromatic heterocycles. The Labute approximate surface area is 209 Å². The first-order chi connectivity index (χ1) is 17.0. The van der Waals surface area contributed by atoms with Crippen molar-refractivity contribution in [3.8, 4) is 11.5 Å². The Balaban J connectivity index is 1.65. The first-order valence-corrected chi connectivity index (χ1v) is 12.5. The fraction of sp³-hybridized carbons (Fsp3) is 0.240. The highest BCUT2D eigenvalue weighted by molar-refractivity contribution is 7.17. The van der Waals surface area contributed by atoms with Crippen molar-refractivity contribution < 1.29 is 9.47 Å². The number of thiophene rings is 1. The summed E-state index contributed by atoms with van der Waals surface area (Å²) in [5, 5.41) is 6.95. The van der Waals surface area contributed by atoms with Crippen molar-refractivity contribution in [2.75, 3.05) is 13.2 Å². The zero-order valence-corrected chi connectivity index (χ0v) is 20.8. The normalized spacial score (nSPS) is 11.4. The number of halogens is 1. The first-order valence-electron chi connectivity index (χ1n) is 11.2. The van der Waals surface area contributed by atoms with E-state index >= 15 is 0 Å². The van der Waals surface area contributed by atoms with Crippen molar-refractivity contribution >= 4 is 38.9 Å². The number of rotatable bonds is 8. The van der Waals surface area contributed by atoms with Crippen molar-refractivity contribution in [3.05, 3.63) is 90.9 Å². The Kier molecular flexibility index (Phi) is 6.36. The van der Waals surface area contributed by atoms with Gasteiger partial charge in [0.15, 0.2) is 11.5 Å². The quantitative estimate of drug-likeness (QED) is 0.309. The van der Waals surface area contributed by atoms with E-state index < -0.39 is 0 Å². The van der Waals surface area contributed by atoms with Crippen LogP contribution in [0.15, 0.2) is 63.5 Å². The maximum atomic E-state index is 13.4. The Hall–Kier alpha value is -3.56. The number of fused-ring (bicyclic) bond motifs is 3. The summed E-state index contributed by atoms with van der Waals surface area (Å²) in [6.07, 6.45) is 0. The highest BCUT2D eigenvalue weighted by Gasteiger charge is 2.19. The van der Waals surface area contributed by atoms with Gasteiger partial charge in [0.1, 0.15) is 4.70 Å². The smallest absolute Gasteiger partial charge is 0.352 e. The molecule has 35 heavy (non-hydrogen) atoms. The Morgan fingerprint density at radius 2 is 1.71 bits per heavy atom. The van der Waals surface area contributed by atoms with Crippen LogP contribution in [-0.2, 0) is 13.1 Å². The van der Waals surface area contributed by atoms with E-state index in [4.69, 9.17) is 21.1 Å². The summed E-state index contributed by atoms with van der Waals surface area (Å²) >= 11 is 7.42. The molecule has 0 N–H and O–H groups in total. The van der Waals surface area contributed by atoms with Gasteiger partial charge in [0.25, 0.3) is 5.56 Å². The van der Waals surface area contributed by atoms with E-state index in [1.54, 1.807) is 23.6 Å². The monoisotopic (exact) mass is 510 g/mol. The predicted octanol–water partition coefficient (Wildman–Crippen LogP) is 4.42. The van der Waals surface area contributed by atoms with Crippen LogP contribution in [0.2, 0.25) is 5.02 Å². The average molecular weight is 511 g/mol. The molecule has 0 fully saturated rings. The highest BCUT2D eigenvalue weighted by atomic mass is 35.5. The summed E-state index contributed by atoms with van der Waals surface area (Å²) in [6, 6.07) is 14.6. The number of hydrogen-bond donors (Lipinski definition) is 0. The number of nitrogens with zero attached hydrogens (tertiary/aromatic N) is 4. The zero-order chi connectivity index (χ0) is 24.5. The van der Waals surface area contributed by atoms with Crippen molar-refractivity contribution in [3.63, 3.8) is 0 Å². The minimum atomic E-state index is -0.321. The van der Waals surface area contributed by atoms with Crippen LogP contribution in [0.1, 0.15) is 25.0 Å². The molecule has 5 rings (SSSR count). The first kappa shape index (κ1) is 23.2. The second kappa shape index (κ2) is 9.59. The van der Waals surface area contributed by atoms with Gasteiger partial charge in [-0.15, -0.1) is 16.4 Å². The van der Waals surface area contributed by atoms with Gasteiger partial charge in [-0.1, -0.05) is 29.8 Å². The lowest BCUT2D eigenvalue weighted by Crippen LogP contribution is -2.26. The van der Waals surface area contributed by atoms with Crippen LogP contribution in [0.5, 0.6) is 11.5 Å². The lowest BCUT2D eigenvalue weighted by molar-refractivity contribution is 0.287. The molecule has 0 bridgehead atoms. The molecule has 0 unspecified atom stereocenters. The lowest BCUT2D eigenvalue weighted by atomic mass is 10.2. The van der Waals surface area contributed by atoms with Crippen LogP contribution in [0.3, 0.4) is 0 Å². The number of ether oxygens (including phenoxy) is 2. The molecule has 0 aliphatic rings. The molecule has 0 saturated carbocycles. The van der Waals surface area contributed by atoms with Crippen molar-refractivity contribution in [1.82, 2.24) is 18.7 Å². The van der Waals surface area contributed by atoms with E-state index in [1.807, 2.05) is 44.2 Å². The molecule has 8 nitrogen and oxygen atoms in total. The van der Waals surface area contributed by atoms with Crippen LogP contribution in [0.4, 0.5) is 0 Å². The molecule has 0 amide bonds. The second-order valence-electron chi connectivity index (χ2n) is 7.88. The van der Waals surface area contributed by atoms with Gasteiger partial charge < -0.3 is 9.47 Å². The minimum absolute atomic E-state index is 0.200. The largest absolute Gasteiger partial charge is 0.490 e. The van der Waals surface area contributed by atoms with Crippen LogP contribution in [-0.4, -0.2) is 32.0 Å². The molecule has 3 heterocycles. The van der Waals surface area contributed by atoms with Crippen LogP contribution in [0, 0.1) is 0 Å². The van der Waals surface area contributed by atoms with Gasteiger partial charge in [0.05, 0.1) is 31.8 Å². The van der Waals surface area contributed by atoms with Crippen molar-refractivity contribution in [2.45, 2.75) is 26.9 Å². The third kappa shape index (κ3) is 4.33. The molecule has 180 valence electrons. The second-order valence-corrected chi connectivity index (χ2v) is 9.23. The molecule has 0 atom stereocenters. The maximum absolute atomic E-state index is 13.4. The summed E-state index contributed by atoms with van der Waals surface area (Å²) in [7, 11) is 0. The fourth-order valence-electron chi connectivity index (χ4n) is 4.06. The number of benzene rings is 2. The Morgan fingerprint density at radius 3 is 2.49 bits per heavy atom. The summed E-state index contributed by atoms with van der Waals surface area (Å²) in [5.74, 6) is 1.53.